The Balaban J connectivity index is 1.46. The van der Waals surface area contributed by atoms with E-state index in [1.165, 1.54) is 24.3 Å². The van der Waals surface area contributed by atoms with Crippen LogP contribution in [-0.4, -0.2) is 34.4 Å². The molecular weight excluding hydrogens is 444 g/mol. The van der Waals surface area contributed by atoms with Crippen LogP contribution in [0.2, 0.25) is 0 Å². The number of hydrogen-bond donors (Lipinski definition) is 4. The number of sulfonamides is 1. The zero-order chi connectivity index (χ0) is 23.8. The quantitative estimate of drug-likeness (QED) is 0.353. The van der Waals surface area contributed by atoms with Crippen molar-refractivity contribution < 1.29 is 23.4 Å². The maximum Gasteiger partial charge on any atom is 0.335 e. The van der Waals surface area contributed by atoms with Gasteiger partial charge in [0.15, 0.2) is 0 Å². The number of aliphatic hydroxyl groups is 1. The molecule has 4 N–H and O–H groups in total. The van der Waals surface area contributed by atoms with Crippen molar-refractivity contribution in [2.24, 2.45) is 7.05 Å². The van der Waals surface area contributed by atoms with E-state index in [4.69, 9.17) is 5.11 Å². The summed E-state index contributed by atoms with van der Waals surface area (Å²) in [6.07, 6.45) is 1.35. The number of nitrogens with one attached hydrogen (secondary N) is 2. The molecule has 9 nitrogen and oxygen atoms in total. The van der Waals surface area contributed by atoms with Gasteiger partial charge < -0.3 is 10.2 Å². The van der Waals surface area contributed by atoms with Gasteiger partial charge in [0.25, 0.3) is 10.0 Å². The van der Waals surface area contributed by atoms with Gasteiger partial charge in [-0.3, -0.25) is 14.7 Å². The molecule has 0 saturated heterocycles. The molecule has 33 heavy (non-hydrogen) atoms. The Morgan fingerprint density at radius 3 is 2.55 bits per heavy atom. The predicted octanol–water partition coefficient (Wildman–Crippen LogP) is 2.89. The van der Waals surface area contributed by atoms with Crippen molar-refractivity contribution in [3.05, 3.63) is 76.6 Å². The van der Waals surface area contributed by atoms with Crippen molar-refractivity contribution in [1.29, 1.82) is 0 Å². The Kier molecular flexibility index (Phi) is 6.24. The molecule has 0 aliphatic heterocycles. The van der Waals surface area contributed by atoms with Crippen molar-refractivity contribution in [3.63, 3.8) is 0 Å². The second kappa shape index (κ2) is 8.97. The predicted molar refractivity (Wildman–Crippen MR) is 122 cm³/mol. The molecule has 10 heteroatoms. The van der Waals surface area contributed by atoms with Crippen LogP contribution in [0.3, 0.4) is 0 Å². The fourth-order valence-corrected chi connectivity index (χ4v) is 4.74. The number of anilines is 1. The smallest absolute Gasteiger partial charge is 0.335 e. The van der Waals surface area contributed by atoms with Crippen LogP contribution in [0, 0.1) is 6.92 Å². The van der Waals surface area contributed by atoms with Gasteiger partial charge >= 0.3 is 5.97 Å². The van der Waals surface area contributed by atoms with Crippen LogP contribution in [0.15, 0.2) is 53.4 Å². The molecule has 4 rings (SSSR count). The lowest BCUT2D eigenvalue weighted by atomic mass is 10.1. The molecule has 1 heterocycles. The van der Waals surface area contributed by atoms with Crippen molar-refractivity contribution >= 4 is 21.7 Å². The summed E-state index contributed by atoms with van der Waals surface area (Å²) in [5.74, 6) is -0.635. The number of hydrogen-bond acceptors (Lipinski definition) is 6. The molecule has 1 unspecified atom stereocenters. The van der Waals surface area contributed by atoms with E-state index in [0.717, 1.165) is 24.1 Å². The highest BCUT2D eigenvalue weighted by molar-refractivity contribution is 7.92. The highest BCUT2D eigenvalue weighted by Gasteiger charge is 2.28. The molecular formula is C23H26N4O5S. The van der Waals surface area contributed by atoms with Crippen LogP contribution >= 0.6 is 0 Å². The van der Waals surface area contributed by atoms with E-state index in [1.54, 1.807) is 30.8 Å². The topological polar surface area (TPSA) is 134 Å². The van der Waals surface area contributed by atoms with Gasteiger partial charge in [-0.2, -0.15) is 5.10 Å². The fraction of sp³-hybridized carbons (Fsp3) is 0.304. The highest BCUT2D eigenvalue weighted by atomic mass is 32.2. The molecule has 1 aromatic heterocycles. The molecule has 174 valence electrons. The summed E-state index contributed by atoms with van der Waals surface area (Å²) in [5.41, 5.74) is 3.62. The second-order valence-corrected chi connectivity index (χ2v) is 9.88. The number of carbonyl (C=O) groups is 1. The maximum absolute atomic E-state index is 12.8. The van der Waals surface area contributed by atoms with Gasteiger partial charge in [-0.15, -0.1) is 0 Å². The minimum atomic E-state index is -3.90. The van der Waals surface area contributed by atoms with Gasteiger partial charge in [-0.05, 0) is 67.3 Å². The Morgan fingerprint density at radius 2 is 1.91 bits per heavy atom. The molecule has 0 bridgehead atoms. The van der Waals surface area contributed by atoms with Crippen LogP contribution in [-0.2, 0) is 23.6 Å². The third-order valence-electron chi connectivity index (χ3n) is 5.80. The zero-order valence-corrected chi connectivity index (χ0v) is 19.1. The van der Waals surface area contributed by atoms with Crippen LogP contribution in [0.5, 0.6) is 0 Å². The number of aryl methyl sites for hydroxylation is 1. The van der Waals surface area contributed by atoms with Gasteiger partial charge in [-0.1, -0.05) is 12.1 Å². The van der Waals surface area contributed by atoms with Crippen LogP contribution < -0.4 is 10.0 Å². The first-order valence-corrected chi connectivity index (χ1v) is 12.0. The summed E-state index contributed by atoms with van der Waals surface area (Å²) in [4.78, 5) is 11.0. The normalized spacial score (nSPS) is 14.8. The van der Waals surface area contributed by atoms with Gasteiger partial charge in [0.1, 0.15) is 6.23 Å². The van der Waals surface area contributed by atoms with Crippen molar-refractivity contribution in [2.75, 3.05) is 4.72 Å². The minimum absolute atomic E-state index is 0.00874. The van der Waals surface area contributed by atoms with Gasteiger partial charge in [0, 0.05) is 19.5 Å². The Labute approximate surface area is 192 Å². The number of nitrogens with zero attached hydrogens (tertiary/aromatic N) is 2. The van der Waals surface area contributed by atoms with E-state index in [2.05, 4.69) is 15.1 Å². The van der Waals surface area contributed by atoms with E-state index in [-0.39, 0.29) is 10.5 Å². The summed E-state index contributed by atoms with van der Waals surface area (Å²) < 4.78 is 29.8. The average molecular weight is 471 g/mol. The summed E-state index contributed by atoms with van der Waals surface area (Å²) in [6, 6.07) is 12.2. The molecule has 2 aromatic carbocycles. The SMILES string of the molecule is Cc1c(CNC(O)c2cc(C3CC3)nn2C)cccc1NS(=O)(=O)c1ccc(C(=O)O)cc1. The third kappa shape index (κ3) is 5.08. The molecule has 1 atom stereocenters. The van der Waals surface area contributed by atoms with E-state index in [9.17, 15) is 18.3 Å². The first-order chi connectivity index (χ1) is 15.7. The summed E-state index contributed by atoms with van der Waals surface area (Å²) in [6.45, 7) is 2.11. The Bertz CT molecular complexity index is 1280. The van der Waals surface area contributed by atoms with E-state index in [1.807, 2.05) is 12.1 Å². The third-order valence-corrected chi connectivity index (χ3v) is 7.18. The number of benzene rings is 2. The number of aliphatic hydroxyl groups excluding tert-OH is 1. The Morgan fingerprint density at radius 1 is 1.21 bits per heavy atom. The minimum Gasteiger partial charge on any atom is -0.478 e. The van der Waals surface area contributed by atoms with Gasteiger partial charge in [0.05, 0.1) is 27.5 Å². The molecule has 1 fully saturated rings. The molecule has 1 aliphatic rings. The fourth-order valence-electron chi connectivity index (χ4n) is 3.62. The number of aromatic carboxylic acids is 1. The first-order valence-electron chi connectivity index (χ1n) is 10.6. The van der Waals surface area contributed by atoms with Crippen LogP contribution in [0.4, 0.5) is 5.69 Å². The summed E-state index contributed by atoms with van der Waals surface area (Å²) in [5, 5.41) is 27.1. The summed E-state index contributed by atoms with van der Waals surface area (Å²) >= 11 is 0. The first kappa shape index (κ1) is 23.0. The molecule has 3 aromatic rings. The van der Waals surface area contributed by atoms with Crippen molar-refractivity contribution in [2.45, 2.75) is 43.4 Å². The maximum atomic E-state index is 12.8. The molecule has 0 spiro atoms. The van der Waals surface area contributed by atoms with E-state index < -0.39 is 22.2 Å². The lowest BCUT2D eigenvalue weighted by molar-refractivity contribution is 0.0696. The standard InChI is InChI=1S/C23H26N4O5S/c1-14-17(13-24-22(28)21-12-20(15-6-7-15)25-27(21)2)4-3-5-19(14)26-33(31,32)18-10-8-16(9-11-18)23(29)30/h3-5,8-12,15,22,24,26,28H,6-7,13H2,1-2H3,(H,29,30). The van der Waals surface area contributed by atoms with Crippen molar-refractivity contribution in [3.8, 4) is 0 Å². The lowest BCUT2D eigenvalue weighted by Crippen LogP contribution is -2.23. The molecule has 0 amide bonds. The van der Waals surface area contributed by atoms with E-state index in [0.29, 0.717) is 29.4 Å². The van der Waals surface area contributed by atoms with Gasteiger partial charge in [-0.25, -0.2) is 13.2 Å². The molecule has 1 saturated carbocycles. The number of carboxylic acids is 1. The zero-order valence-electron chi connectivity index (χ0n) is 18.3. The van der Waals surface area contributed by atoms with Crippen molar-refractivity contribution in [1.82, 2.24) is 15.1 Å². The largest absolute Gasteiger partial charge is 0.478 e. The van der Waals surface area contributed by atoms with Crippen LogP contribution in [0.1, 0.15) is 57.9 Å². The lowest BCUT2D eigenvalue weighted by Gasteiger charge is -2.17. The summed E-state index contributed by atoms with van der Waals surface area (Å²) in [7, 11) is -2.10. The van der Waals surface area contributed by atoms with Gasteiger partial charge in [0.2, 0.25) is 0 Å². The highest BCUT2D eigenvalue weighted by Crippen LogP contribution is 2.39. The van der Waals surface area contributed by atoms with E-state index >= 15 is 0 Å². The number of carboxylic acid groups (broad SMARTS) is 1. The number of rotatable bonds is 9. The Hall–Kier alpha value is -3.21. The number of aromatic nitrogens is 2. The van der Waals surface area contributed by atoms with Crippen LogP contribution in [0.25, 0.3) is 0 Å². The second-order valence-electron chi connectivity index (χ2n) is 8.20. The molecule has 0 radical (unpaired) electrons. The average Bonchev–Trinajstić information content (AvgIpc) is 3.56. The molecule has 1 aliphatic carbocycles. The monoisotopic (exact) mass is 470 g/mol.